The number of ether oxygens (including phenoxy) is 2. The van der Waals surface area contributed by atoms with Crippen LogP contribution in [0.25, 0.3) is 6.08 Å². The van der Waals surface area contributed by atoms with E-state index in [1.165, 1.54) is 6.08 Å². The highest BCUT2D eigenvalue weighted by Crippen LogP contribution is 2.29. The van der Waals surface area contributed by atoms with Gasteiger partial charge in [-0.15, -0.1) is 0 Å². The SMILES string of the molecule is CCOc1cc(C=CC(=O)O)ccc1OCC(C)C. The van der Waals surface area contributed by atoms with Gasteiger partial charge in [0.1, 0.15) is 0 Å². The van der Waals surface area contributed by atoms with Gasteiger partial charge in [0, 0.05) is 6.08 Å². The first-order valence-electron chi connectivity index (χ1n) is 6.33. The summed E-state index contributed by atoms with van der Waals surface area (Å²) in [5.41, 5.74) is 0.766. The fourth-order valence-electron chi connectivity index (χ4n) is 1.44. The van der Waals surface area contributed by atoms with E-state index < -0.39 is 5.97 Å². The Morgan fingerprint density at radius 1 is 1.32 bits per heavy atom. The predicted octanol–water partition coefficient (Wildman–Crippen LogP) is 3.22. The number of aliphatic carboxylic acids is 1. The minimum Gasteiger partial charge on any atom is -0.490 e. The van der Waals surface area contributed by atoms with Crippen molar-refractivity contribution < 1.29 is 19.4 Å². The molecule has 4 nitrogen and oxygen atoms in total. The molecule has 0 spiro atoms. The zero-order valence-corrected chi connectivity index (χ0v) is 11.6. The van der Waals surface area contributed by atoms with Crippen molar-refractivity contribution in [1.29, 1.82) is 0 Å². The Morgan fingerprint density at radius 3 is 2.63 bits per heavy atom. The third kappa shape index (κ3) is 5.46. The van der Waals surface area contributed by atoms with Gasteiger partial charge in [0.2, 0.25) is 0 Å². The van der Waals surface area contributed by atoms with Gasteiger partial charge in [0.25, 0.3) is 0 Å². The van der Waals surface area contributed by atoms with Crippen molar-refractivity contribution in [2.24, 2.45) is 5.92 Å². The molecule has 0 saturated heterocycles. The molecule has 0 aliphatic rings. The lowest BCUT2D eigenvalue weighted by Gasteiger charge is -2.13. The lowest BCUT2D eigenvalue weighted by molar-refractivity contribution is -0.131. The molecule has 4 heteroatoms. The Labute approximate surface area is 113 Å². The van der Waals surface area contributed by atoms with Crippen molar-refractivity contribution in [2.45, 2.75) is 20.8 Å². The molecule has 19 heavy (non-hydrogen) atoms. The van der Waals surface area contributed by atoms with E-state index in [9.17, 15) is 4.79 Å². The lowest BCUT2D eigenvalue weighted by Crippen LogP contribution is -2.06. The van der Waals surface area contributed by atoms with E-state index in [-0.39, 0.29) is 0 Å². The maximum absolute atomic E-state index is 10.5. The molecular weight excluding hydrogens is 244 g/mol. The van der Waals surface area contributed by atoms with Gasteiger partial charge < -0.3 is 14.6 Å². The van der Waals surface area contributed by atoms with Gasteiger partial charge in [-0.1, -0.05) is 19.9 Å². The topological polar surface area (TPSA) is 55.8 Å². The Balaban J connectivity index is 2.90. The molecule has 0 bridgehead atoms. The fourth-order valence-corrected chi connectivity index (χ4v) is 1.44. The average molecular weight is 264 g/mol. The first-order chi connectivity index (χ1) is 9.02. The number of carbonyl (C=O) groups is 1. The molecule has 1 aromatic carbocycles. The van der Waals surface area contributed by atoms with Crippen molar-refractivity contribution in [3.05, 3.63) is 29.8 Å². The molecule has 0 radical (unpaired) electrons. The van der Waals surface area contributed by atoms with Gasteiger partial charge in [-0.05, 0) is 36.6 Å². The molecule has 0 heterocycles. The second-order valence-electron chi connectivity index (χ2n) is 4.52. The van der Waals surface area contributed by atoms with E-state index in [1.54, 1.807) is 18.2 Å². The third-order valence-electron chi connectivity index (χ3n) is 2.26. The van der Waals surface area contributed by atoms with Crippen LogP contribution < -0.4 is 9.47 Å². The first kappa shape index (κ1) is 15.1. The Hall–Kier alpha value is -1.97. The van der Waals surface area contributed by atoms with Crippen molar-refractivity contribution in [3.8, 4) is 11.5 Å². The van der Waals surface area contributed by atoms with Crippen LogP contribution in [0.4, 0.5) is 0 Å². The number of hydrogen-bond donors (Lipinski definition) is 1. The van der Waals surface area contributed by atoms with E-state index in [0.29, 0.717) is 30.6 Å². The zero-order chi connectivity index (χ0) is 14.3. The summed E-state index contributed by atoms with van der Waals surface area (Å²) in [4.78, 5) is 10.5. The van der Waals surface area contributed by atoms with Crippen LogP contribution in [0, 0.1) is 5.92 Å². The van der Waals surface area contributed by atoms with Crippen molar-refractivity contribution >= 4 is 12.0 Å². The van der Waals surface area contributed by atoms with Gasteiger partial charge in [-0.3, -0.25) is 0 Å². The lowest BCUT2D eigenvalue weighted by atomic mass is 10.2. The van der Waals surface area contributed by atoms with Gasteiger partial charge in [0.05, 0.1) is 13.2 Å². The molecule has 1 aromatic rings. The molecule has 1 rings (SSSR count). The summed E-state index contributed by atoms with van der Waals surface area (Å²) in [6, 6.07) is 5.38. The zero-order valence-electron chi connectivity index (χ0n) is 11.6. The van der Waals surface area contributed by atoms with Gasteiger partial charge >= 0.3 is 5.97 Å². The standard InChI is InChI=1S/C15H20O4/c1-4-18-14-9-12(6-8-15(16)17)5-7-13(14)19-10-11(2)3/h5-9,11H,4,10H2,1-3H3,(H,16,17). The summed E-state index contributed by atoms with van der Waals surface area (Å²) in [5.74, 6) is 0.776. The second kappa shape index (κ2) is 7.46. The Morgan fingerprint density at radius 2 is 2.05 bits per heavy atom. The summed E-state index contributed by atoms with van der Waals surface area (Å²) in [5, 5.41) is 8.60. The van der Waals surface area contributed by atoms with Crippen LogP contribution in [0.5, 0.6) is 11.5 Å². The number of carboxylic acids is 1. The summed E-state index contributed by atoms with van der Waals surface area (Å²) in [6.45, 7) is 7.19. The quantitative estimate of drug-likeness (QED) is 0.768. The highest BCUT2D eigenvalue weighted by Gasteiger charge is 2.06. The van der Waals surface area contributed by atoms with Crippen LogP contribution in [0.2, 0.25) is 0 Å². The molecule has 0 saturated carbocycles. The minimum absolute atomic E-state index is 0.432. The number of hydrogen-bond acceptors (Lipinski definition) is 3. The summed E-state index contributed by atoms with van der Waals surface area (Å²) in [6.07, 6.45) is 2.62. The maximum Gasteiger partial charge on any atom is 0.328 e. The summed E-state index contributed by atoms with van der Waals surface area (Å²) < 4.78 is 11.2. The molecule has 0 aliphatic carbocycles. The van der Waals surface area contributed by atoms with Crippen molar-refractivity contribution in [1.82, 2.24) is 0 Å². The van der Waals surface area contributed by atoms with E-state index in [1.807, 2.05) is 6.92 Å². The van der Waals surface area contributed by atoms with Gasteiger partial charge in [0.15, 0.2) is 11.5 Å². The van der Waals surface area contributed by atoms with Gasteiger partial charge in [-0.25, -0.2) is 4.79 Å². The first-order valence-corrected chi connectivity index (χ1v) is 6.33. The molecule has 0 amide bonds. The monoisotopic (exact) mass is 264 g/mol. The highest BCUT2D eigenvalue weighted by atomic mass is 16.5. The third-order valence-corrected chi connectivity index (χ3v) is 2.26. The van der Waals surface area contributed by atoms with Gasteiger partial charge in [-0.2, -0.15) is 0 Å². The molecule has 104 valence electrons. The van der Waals surface area contributed by atoms with Crippen LogP contribution in [-0.2, 0) is 4.79 Å². The van der Waals surface area contributed by atoms with E-state index in [0.717, 1.165) is 11.6 Å². The number of benzene rings is 1. The van der Waals surface area contributed by atoms with E-state index >= 15 is 0 Å². The minimum atomic E-state index is -0.974. The molecule has 0 fully saturated rings. The molecule has 0 aromatic heterocycles. The van der Waals surface area contributed by atoms with Crippen LogP contribution >= 0.6 is 0 Å². The molecule has 0 atom stereocenters. The van der Waals surface area contributed by atoms with Crippen LogP contribution in [0.15, 0.2) is 24.3 Å². The second-order valence-corrected chi connectivity index (χ2v) is 4.52. The largest absolute Gasteiger partial charge is 0.490 e. The van der Waals surface area contributed by atoms with Crippen molar-refractivity contribution in [2.75, 3.05) is 13.2 Å². The molecule has 1 N–H and O–H groups in total. The normalized spacial score (nSPS) is 10.9. The van der Waals surface area contributed by atoms with Crippen LogP contribution in [0.3, 0.4) is 0 Å². The maximum atomic E-state index is 10.5. The van der Waals surface area contributed by atoms with Crippen molar-refractivity contribution in [3.63, 3.8) is 0 Å². The number of rotatable bonds is 7. The Bertz CT molecular complexity index is 449. The van der Waals surface area contributed by atoms with E-state index in [4.69, 9.17) is 14.6 Å². The van der Waals surface area contributed by atoms with Crippen LogP contribution in [-0.4, -0.2) is 24.3 Å². The smallest absolute Gasteiger partial charge is 0.328 e. The summed E-state index contributed by atoms with van der Waals surface area (Å²) in [7, 11) is 0. The predicted molar refractivity (Wildman–Crippen MR) is 74.6 cm³/mol. The summed E-state index contributed by atoms with van der Waals surface area (Å²) >= 11 is 0. The molecule has 0 aliphatic heterocycles. The number of carboxylic acid groups (broad SMARTS) is 1. The molecular formula is C15H20O4. The molecule has 0 unspecified atom stereocenters. The fraction of sp³-hybridized carbons (Fsp3) is 0.400. The van der Waals surface area contributed by atoms with E-state index in [2.05, 4.69) is 13.8 Å². The Kier molecular flexibility index (Phi) is 5.93. The average Bonchev–Trinajstić information content (AvgIpc) is 2.35. The van der Waals surface area contributed by atoms with Crippen LogP contribution in [0.1, 0.15) is 26.3 Å². The highest BCUT2D eigenvalue weighted by molar-refractivity contribution is 5.85.